The molecule has 0 saturated carbocycles. The first-order valence-electron chi connectivity index (χ1n) is 10.6. The normalized spacial score (nSPS) is 15.2. The molecule has 1 aliphatic heterocycles. The van der Waals surface area contributed by atoms with Crippen LogP contribution in [0.2, 0.25) is 0 Å². The Balaban J connectivity index is 1.52. The Labute approximate surface area is 185 Å². The van der Waals surface area contributed by atoms with Gasteiger partial charge in [0.15, 0.2) is 0 Å². The highest BCUT2D eigenvalue weighted by atomic mass is 32.2. The standard InChI is InChI=1S/C23H31N3O4S/c1-3-25(17-21-7-5-4-6-19(21)2)18-23(27)24-16-20-8-10-22(11-9-20)31(28,29)26-12-14-30-15-13-26/h4-11H,3,12-18H2,1-2H3,(H,24,27). The van der Waals surface area contributed by atoms with Gasteiger partial charge in [-0.05, 0) is 42.3 Å². The van der Waals surface area contributed by atoms with Crippen molar-refractivity contribution in [1.82, 2.24) is 14.5 Å². The van der Waals surface area contributed by atoms with E-state index < -0.39 is 10.0 Å². The summed E-state index contributed by atoms with van der Waals surface area (Å²) in [6.45, 7) is 7.87. The highest BCUT2D eigenvalue weighted by Crippen LogP contribution is 2.17. The van der Waals surface area contributed by atoms with Crippen LogP contribution < -0.4 is 5.32 Å². The van der Waals surface area contributed by atoms with Crippen LogP contribution in [0.15, 0.2) is 53.4 Å². The molecule has 1 saturated heterocycles. The summed E-state index contributed by atoms with van der Waals surface area (Å²) >= 11 is 0. The first-order valence-corrected chi connectivity index (χ1v) is 12.0. The lowest BCUT2D eigenvalue weighted by atomic mass is 10.1. The van der Waals surface area contributed by atoms with Gasteiger partial charge in [0.05, 0.1) is 24.7 Å². The fourth-order valence-electron chi connectivity index (χ4n) is 3.48. The number of ether oxygens (including phenoxy) is 1. The van der Waals surface area contributed by atoms with E-state index in [1.807, 2.05) is 19.1 Å². The predicted octanol–water partition coefficient (Wildman–Crippen LogP) is 2.15. The molecular weight excluding hydrogens is 414 g/mol. The lowest BCUT2D eigenvalue weighted by molar-refractivity contribution is -0.122. The first kappa shape index (κ1) is 23.4. The van der Waals surface area contributed by atoms with Crippen LogP contribution in [0.5, 0.6) is 0 Å². The summed E-state index contributed by atoms with van der Waals surface area (Å²) in [5.41, 5.74) is 3.29. The minimum atomic E-state index is -3.50. The monoisotopic (exact) mass is 445 g/mol. The molecule has 0 bridgehead atoms. The van der Waals surface area contributed by atoms with Crippen molar-refractivity contribution in [3.05, 3.63) is 65.2 Å². The van der Waals surface area contributed by atoms with Crippen LogP contribution in [-0.2, 0) is 32.6 Å². The molecule has 2 aromatic carbocycles. The summed E-state index contributed by atoms with van der Waals surface area (Å²) in [4.78, 5) is 14.8. The van der Waals surface area contributed by atoms with E-state index in [-0.39, 0.29) is 10.8 Å². The average Bonchev–Trinajstić information content (AvgIpc) is 2.79. The van der Waals surface area contributed by atoms with E-state index >= 15 is 0 Å². The number of rotatable bonds is 9. The van der Waals surface area contributed by atoms with E-state index in [1.165, 1.54) is 15.4 Å². The molecule has 31 heavy (non-hydrogen) atoms. The molecule has 8 heteroatoms. The van der Waals surface area contributed by atoms with E-state index in [0.717, 1.165) is 18.7 Å². The van der Waals surface area contributed by atoms with Crippen molar-refractivity contribution in [3.8, 4) is 0 Å². The van der Waals surface area contributed by atoms with Gasteiger partial charge in [0.1, 0.15) is 0 Å². The van der Waals surface area contributed by atoms with Gasteiger partial charge in [-0.15, -0.1) is 0 Å². The van der Waals surface area contributed by atoms with Gasteiger partial charge in [-0.25, -0.2) is 8.42 Å². The molecule has 168 valence electrons. The minimum absolute atomic E-state index is 0.0551. The van der Waals surface area contributed by atoms with E-state index in [1.54, 1.807) is 24.3 Å². The predicted molar refractivity (Wildman–Crippen MR) is 120 cm³/mol. The topological polar surface area (TPSA) is 79.0 Å². The summed E-state index contributed by atoms with van der Waals surface area (Å²) in [7, 11) is -3.50. The van der Waals surface area contributed by atoms with Gasteiger partial charge in [0, 0.05) is 26.2 Å². The molecule has 1 fully saturated rings. The Morgan fingerprint density at radius 2 is 1.77 bits per heavy atom. The Morgan fingerprint density at radius 1 is 1.10 bits per heavy atom. The van der Waals surface area contributed by atoms with Crippen molar-refractivity contribution in [3.63, 3.8) is 0 Å². The van der Waals surface area contributed by atoms with Crippen molar-refractivity contribution >= 4 is 15.9 Å². The summed E-state index contributed by atoms with van der Waals surface area (Å²) in [5.74, 6) is -0.0551. The molecule has 0 aromatic heterocycles. The Hall–Kier alpha value is -2.26. The number of amides is 1. The summed E-state index contributed by atoms with van der Waals surface area (Å²) in [6.07, 6.45) is 0. The molecule has 3 rings (SSSR count). The third kappa shape index (κ3) is 6.36. The maximum absolute atomic E-state index is 12.7. The Kier molecular flexibility index (Phi) is 8.20. The number of carbonyl (C=O) groups is 1. The smallest absolute Gasteiger partial charge is 0.243 e. The first-order chi connectivity index (χ1) is 14.9. The number of hydrogen-bond acceptors (Lipinski definition) is 5. The van der Waals surface area contributed by atoms with Crippen molar-refractivity contribution in [2.45, 2.75) is 31.8 Å². The number of nitrogens with one attached hydrogen (secondary N) is 1. The Morgan fingerprint density at radius 3 is 2.42 bits per heavy atom. The highest BCUT2D eigenvalue weighted by molar-refractivity contribution is 7.89. The van der Waals surface area contributed by atoms with Gasteiger partial charge in [0.2, 0.25) is 15.9 Å². The number of benzene rings is 2. The third-order valence-electron chi connectivity index (χ3n) is 5.49. The van der Waals surface area contributed by atoms with E-state index in [2.05, 4.69) is 29.3 Å². The number of likely N-dealkylation sites (N-methyl/N-ethyl adjacent to an activating group) is 1. The van der Waals surface area contributed by atoms with Gasteiger partial charge in [-0.3, -0.25) is 9.69 Å². The lowest BCUT2D eigenvalue weighted by Gasteiger charge is -2.26. The SMILES string of the molecule is CCN(CC(=O)NCc1ccc(S(=O)(=O)N2CCOCC2)cc1)Cc1ccccc1C. The number of morpholine rings is 1. The van der Waals surface area contributed by atoms with E-state index in [4.69, 9.17) is 4.74 Å². The molecule has 1 aliphatic rings. The van der Waals surface area contributed by atoms with Gasteiger partial charge < -0.3 is 10.1 Å². The van der Waals surface area contributed by atoms with Crippen LogP contribution in [0.1, 0.15) is 23.6 Å². The zero-order valence-corrected chi connectivity index (χ0v) is 19.0. The average molecular weight is 446 g/mol. The summed E-state index contributed by atoms with van der Waals surface area (Å²) in [5, 5.41) is 2.93. The zero-order chi connectivity index (χ0) is 22.3. The van der Waals surface area contributed by atoms with Crippen molar-refractivity contribution in [1.29, 1.82) is 0 Å². The fraction of sp³-hybridized carbons (Fsp3) is 0.435. The maximum atomic E-state index is 12.7. The van der Waals surface area contributed by atoms with Crippen LogP contribution in [0, 0.1) is 6.92 Å². The molecule has 1 amide bonds. The van der Waals surface area contributed by atoms with E-state index in [0.29, 0.717) is 39.4 Å². The van der Waals surface area contributed by atoms with Crippen molar-refractivity contribution < 1.29 is 17.9 Å². The number of sulfonamides is 1. The molecule has 0 spiro atoms. The van der Waals surface area contributed by atoms with Crippen molar-refractivity contribution in [2.75, 3.05) is 39.4 Å². The molecule has 0 radical (unpaired) electrons. The maximum Gasteiger partial charge on any atom is 0.243 e. The quantitative estimate of drug-likeness (QED) is 0.640. The number of carbonyl (C=O) groups excluding carboxylic acids is 1. The third-order valence-corrected chi connectivity index (χ3v) is 7.40. The van der Waals surface area contributed by atoms with Gasteiger partial charge >= 0.3 is 0 Å². The van der Waals surface area contributed by atoms with E-state index in [9.17, 15) is 13.2 Å². The number of hydrogen-bond donors (Lipinski definition) is 1. The molecule has 1 N–H and O–H groups in total. The van der Waals surface area contributed by atoms with Crippen LogP contribution in [0.4, 0.5) is 0 Å². The largest absolute Gasteiger partial charge is 0.379 e. The van der Waals surface area contributed by atoms with Gasteiger partial charge in [-0.2, -0.15) is 4.31 Å². The second-order valence-corrected chi connectivity index (χ2v) is 9.60. The van der Waals surface area contributed by atoms with Gasteiger partial charge in [0.25, 0.3) is 0 Å². The molecule has 0 aliphatic carbocycles. The van der Waals surface area contributed by atoms with Crippen LogP contribution in [0.3, 0.4) is 0 Å². The molecule has 2 aromatic rings. The molecule has 0 unspecified atom stereocenters. The molecule has 0 atom stereocenters. The van der Waals surface area contributed by atoms with Crippen LogP contribution >= 0.6 is 0 Å². The minimum Gasteiger partial charge on any atom is -0.379 e. The molecule has 1 heterocycles. The number of aryl methyl sites for hydroxylation is 1. The lowest BCUT2D eigenvalue weighted by Crippen LogP contribution is -2.40. The fourth-order valence-corrected chi connectivity index (χ4v) is 4.89. The van der Waals surface area contributed by atoms with Gasteiger partial charge in [-0.1, -0.05) is 43.3 Å². The van der Waals surface area contributed by atoms with Crippen LogP contribution in [-0.4, -0.2) is 62.9 Å². The highest BCUT2D eigenvalue weighted by Gasteiger charge is 2.26. The summed E-state index contributed by atoms with van der Waals surface area (Å²) in [6, 6.07) is 14.9. The summed E-state index contributed by atoms with van der Waals surface area (Å²) < 4.78 is 32.1. The zero-order valence-electron chi connectivity index (χ0n) is 18.2. The van der Waals surface area contributed by atoms with Crippen LogP contribution in [0.25, 0.3) is 0 Å². The number of nitrogens with zero attached hydrogens (tertiary/aromatic N) is 2. The Bertz CT molecular complexity index is 971. The molecular formula is C23H31N3O4S. The second-order valence-electron chi connectivity index (χ2n) is 7.67. The second kappa shape index (κ2) is 10.9. The molecule has 7 nitrogen and oxygen atoms in total. The van der Waals surface area contributed by atoms with Crippen molar-refractivity contribution in [2.24, 2.45) is 0 Å².